The van der Waals surface area contributed by atoms with E-state index in [0.29, 0.717) is 6.54 Å². The quantitative estimate of drug-likeness (QED) is 0.279. The number of halogens is 2. The van der Waals surface area contributed by atoms with Gasteiger partial charge in [0.2, 0.25) is 5.91 Å². The van der Waals surface area contributed by atoms with E-state index in [2.05, 4.69) is 32.8 Å². The third-order valence-electron chi connectivity index (χ3n) is 4.23. The topological polar surface area (TPSA) is 51.2 Å². The lowest BCUT2D eigenvalue weighted by atomic mass is 10.2. The average molecular weight is 506 g/mol. The molecule has 1 aromatic rings. The van der Waals surface area contributed by atoms with Crippen molar-refractivity contribution in [3.8, 4) is 0 Å². The molecule has 0 aromatic heterocycles. The van der Waals surface area contributed by atoms with Crippen LogP contribution >= 0.6 is 35.6 Å². The Labute approximate surface area is 184 Å². The van der Waals surface area contributed by atoms with E-state index >= 15 is 0 Å². The van der Waals surface area contributed by atoms with Crippen molar-refractivity contribution in [2.24, 2.45) is 4.99 Å². The molecule has 2 rings (SSSR count). The number of piperazine rings is 1. The summed E-state index contributed by atoms with van der Waals surface area (Å²) in [5.74, 6) is 0.755. The highest BCUT2D eigenvalue weighted by molar-refractivity contribution is 14.0. The number of aliphatic imine (C=N–C) groups is 1. The van der Waals surface area contributed by atoms with Gasteiger partial charge < -0.3 is 15.1 Å². The summed E-state index contributed by atoms with van der Waals surface area (Å²) in [5.41, 5.74) is 1.22. The summed E-state index contributed by atoms with van der Waals surface area (Å²) in [6, 6.07) is 7.99. The van der Waals surface area contributed by atoms with Gasteiger partial charge in [-0.25, -0.2) is 4.99 Å². The Morgan fingerprint density at radius 2 is 2.04 bits per heavy atom. The maximum absolute atomic E-state index is 11.8. The van der Waals surface area contributed by atoms with Gasteiger partial charge in [0, 0.05) is 58.4 Å². The first-order valence-corrected chi connectivity index (χ1v) is 9.18. The third kappa shape index (κ3) is 8.06. The van der Waals surface area contributed by atoms with Crippen molar-refractivity contribution in [2.75, 3.05) is 53.4 Å². The van der Waals surface area contributed by atoms with E-state index in [4.69, 9.17) is 11.6 Å². The smallest absolute Gasteiger partial charge is 0.243 e. The molecule has 1 saturated heterocycles. The van der Waals surface area contributed by atoms with Gasteiger partial charge in [0.25, 0.3) is 0 Å². The molecule has 0 bridgehead atoms. The Balaban J connectivity index is 0.00000364. The molecule has 150 valence electrons. The van der Waals surface area contributed by atoms with E-state index < -0.39 is 0 Å². The Kier molecular flexibility index (Phi) is 10.7. The molecule has 0 atom stereocenters. The highest BCUT2D eigenvalue weighted by Crippen LogP contribution is 2.14. The normalized spacial score (nSPS) is 15.1. The SMILES string of the molecule is C=CCNC(=NCC(=O)N(C)C)N1CCN(Cc2cccc(Cl)c2)CC1.I. The van der Waals surface area contributed by atoms with Crippen LogP contribution in [0.4, 0.5) is 0 Å². The molecule has 1 fully saturated rings. The van der Waals surface area contributed by atoms with Crippen LogP contribution in [0.15, 0.2) is 41.9 Å². The summed E-state index contributed by atoms with van der Waals surface area (Å²) in [6.45, 7) is 8.99. The fourth-order valence-electron chi connectivity index (χ4n) is 2.73. The zero-order chi connectivity index (χ0) is 18.9. The van der Waals surface area contributed by atoms with Crippen LogP contribution in [0.2, 0.25) is 5.02 Å². The highest BCUT2D eigenvalue weighted by Gasteiger charge is 2.20. The van der Waals surface area contributed by atoms with Crippen molar-refractivity contribution in [2.45, 2.75) is 6.54 Å². The van der Waals surface area contributed by atoms with Crippen molar-refractivity contribution in [1.29, 1.82) is 0 Å². The zero-order valence-electron chi connectivity index (χ0n) is 16.0. The van der Waals surface area contributed by atoms with Gasteiger partial charge in [-0.15, -0.1) is 30.6 Å². The van der Waals surface area contributed by atoms with Crippen LogP contribution < -0.4 is 5.32 Å². The lowest BCUT2D eigenvalue weighted by Gasteiger charge is -2.36. The largest absolute Gasteiger partial charge is 0.353 e. The van der Waals surface area contributed by atoms with Crippen LogP contribution in [0.5, 0.6) is 0 Å². The zero-order valence-corrected chi connectivity index (χ0v) is 19.1. The number of carbonyl (C=O) groups excluding carboxylic acids is 1. The van der Waals surface area contributed by atoms with Gasteiger partial charge in [0.1, 0.15) is 6.54 Å². The van der Waals surface area contributed by atoms with Crippen LogP contribution in [-0.4, -0.2) is 79.9 Å². The number of guanidine groups is 1. The molecule has 1 N–H and O–H groups in total. The van der Waals surface area contributed by atoms with Gasteiger partial charge in [-0.05, 0) is 17.7 Å². The predicted molar refractivity (Wildman–Crippen MR) is 123 cm³/mol. The van der Waals surface area contributed by atoms with Crippen LogP contribution in [0.1, 0.15) is 5.56 Å². The minimum atomic E-state index is -0.0116. The lowest BCUT2D eigenvalue weighted by Crippen LogP contribution is -2.52. The number of nitrogens with one attached hydrogen (secondary N) is 1. The van der Waals surface area contributed by atoms with Crippen molar-refractivity contribution in [3.63, 3.8) is 0 Å². The molecule has 1 heterocycles. The number of hydrogen-bond acceptors (Lipinski definition) is 3. The van der Waals surface area contributed by atoms with Gasteiger partial charge in [-0.3, -0.25) is 9.69 Å². The molecule has 1 amide bonds. The first kappa shape index (κ1) is 23.7. The van der Waals surface area contributed by atoms with E-state index in [1.165, 1.54) is 5.56 Å². The fourth-order valence-corrected chi connectivity index (χ4v) is 2.94. The first-order chi connectivity index (χ1) is 12.5. The monoisotopic (exact) mass is 505 g/mol. The summed E-state index contributed by atoms with van der Waals surface area (Å²) >= 11 is 6.07. The summed E-state index contributed by atoms with van der Waals surface area (Å²) < 4.78 is 0. The Morgan fingerprint density at radius 1 is 1.33 bits per heavy atom. The Bertz CT molecular complexity index is 645. The number of carbonyl (C=O) groups is 1. The summed E-state index contributed by atoms with van der Waals surface area (Å²) in [4.78, 5) is 22.5. The highest BCUT2D eigenvalue weighted by atomic mass is 127. The lowest BCUT2D eigenvalue weighted by molar-refractivity contribution is -0.127. The van der Waals surface area contributed by atoms with Gasteiger partial charge in [-0.1, -0.05) is 29.8 Å². The maximum Gasteiger partial charge on any atom is 0.243 e. The van der Waals surface area contributed by atoms with Gasteiger partial charge in [0.05, 0.1) is 0 Å². The first-order valence-electron chi connectivity index (χ1n) is 8.80. The van der Waals surface area contributed by atoms with E-state index in [-0.39, 0.29) is 36.4 Å². The van der Waals surface area contributed by atoms with Gasteiger partial charge in [-0.2, -0.15) is 0 Å². The fraction of sp³-hybridized carbons (Fsp3) is 0.474. The van der Waals surface area contributed by atoms with Gasteiger partial charge >= 0.3 is 0 Å². The van der Waals surface area contributed by atoms with Crippen molar-refractivity contribution >= 4 is 47.4 Å². The standard InChI is InChI=1S/C19H28ClN5O.HI/c1-4-8-21-19(22-14-18(26)23(2)3)25-11-9-24(10-12-25)15-16-6-5-7-17(20)13-16;/h4-7,13H,1,8-12,14-15H2,2-3H3,(H,21,22);1H. The van der Waals surface area contributed by atoms with Crippen molar-refractivity contribution in [1.82, 2.24) is 20.0 Å². The van der Waals surface area contributed by atoms with E-state index in [1.54, 1.807) is 25.1 Å². The third-order valence-corrected chi connectivity index (χ3v) is 4.47. The van der Waals surface area contributed by atoms with Crippen molar-refractivity contribution < 1.29 is 4.79 Å². The molecular formula is C19H29ClIN5O. The molecule has 6 nitrogen and oxygen atoms in total. The minimum absolute atomic E-state index is 0. The van der Waals surface area contributed by atoms with Crippen molar-refractivity contribution in [3.05, 3.63) is 47.5 Å². The molecule has 1 aromatic carbocycles. The average Bonchev–Trinajstić information content (AvgIpc) is 2.62. The summed E-state index contributed by atoms with van der Waals surface area (Å²) in [6.07, 6.45) is 1.79. The number of rotatable bonds is 6. The predicted octanol–water partition coefficient (Wildman–Crippen LogP) is 2.30. The number of nitrogens with zero attached hydrogens (tertiary/aromatic N) is 4. The molecule has 0 aliphatic carbocycles. The Hall–Kier alpha value is -1.32. The second kappa shape index (κ2) is 12.2. The summed E-state index contributed by atoms with van der Waals surface area (Å²) in [7, 11) is 3.48. The van der Waals surface area contributed by atoms with E-state index in [0.717, 1.165) is 43.7 Å². The second-order valence-electron chi connectivity index (χ2n) is 6.49. The molecule has 0 unspecified atom stereocenters. The number of hydrogen-bond donors (Lipinski definition) is 1. The number of likely N-dealkylation sites (N-methyl/N-ethyl adjacent to an activating group) is 1. The van der Waals surface area contributed by atoms with Crippen LogP contribution in [-0.2, 0) is 11.3 Å². The number of benzene rings is 1. The molecule has 8 heteroatoms. The summed E-state index contributed by atoms with van der Waals surface area (Å²) in [5, 5.41) is 4.03. The molecule has 1 aliphatic heterocycles. The molecule has 27 heavy (non-hydrogen) atoms. The van der Waals surface area contributed by atoms with Crippen LogP contribution in [0.3, 0.4) is 0 Å². The van der Waals surface area contributed by atoms with Crippen LogP contribution in [0.25, 0.3) is 0 Å². The molecular weight excluding hydrogens is 477 g/mol. The molecule has 1 aliphatic rings. The molecule has 0 radical (unpaired) electrons. The Morgan fingerprint density at radius 3 is 2.63 bits per heavy atom. The minimum Gasteiger partial charge on any atom is -0.353 e. The number of amides is 1. The van der Waals surface area contributed by atoms with E-state index in [1.807, 2.05) is 18.2 Å². The molecule has 0 saturated carbocycles. The van der Waals surface area contributed by atoms with Crippen LogP contribution in [0, 0.1) is 0 Å². The van der Waals surface area contributed by atoms with Gasteiger partial charge in [0.15, 0.2) is 5.96 Å². The van der Waals surface area contributed by atoms with E-state index in [9.17, 15) is 4.79 Å². The molecule has 0 spiro atoms. The maximum atomic E-state index is 11.8. The second-order valence-corrected chi connectivity index (χ2v) is 6.93.